The number of aromatic nitrogens is 3. The number of hydrogen-bond donors (Lipinski definition) is 2. The molecular weight excluding hydrogens is 378 g/mol. The van der Waals surface area contributed by atoms with E-state index in [1.807, 2.05) is 38.1 Å². The molecule has 0 saturated carbocycles. The standard InChI is InChI=1S/C19H21N5O3S/c1-10-8-11(2)21-19(20-10)24-23-17(25)16-12(3)22-18(28-16)13-6-7-14(26-4)15(9-13)27-5/h6-9H,1-5H3,(H,23,25)(H,20,21,24). The fourth-order valence-corrected chi connectivity index (χ4v) is 3.61. The molecule has 3 rings (SSSR count). The number of carbonyl (C=O) groups excluding carboxylic acids is 1. The number of thiazole rings is 1. The molecule has 0 bridgehead atoms. The van der Waals surface area contributed by atoms with Gasteiger partial charge in [0.15, 0.2) is 11.5 Å². The monoisotopic (exact) mass is 399 g/mol. The van der Waals surface area contributed by atoms with E-state index in [9.17, 15) is 4.79 Å². The summed E-state index contributed by atoms with van der Waals surface area (Å²) in [5.74, 6) is 1.28. The molecule has 0 radical (unpaired) electrons. The second kappa shape index (κ2) is 8.22. The molecule has 0 saturated heterocycles. The minimum atomic E-state index is -0.301. The van der Waals surface area contributed by atoms with E-state index in [0.29, 0.717) is 33.0 Å². The van der Waals surface area contributed by atoms with Crippen LogP contribution >= 0.6 is 11.3 Å². The van der Waals surface area contributed by atoms with Gasteiger partial charge in [0.25, 0.3) is 5.91 Å². The van der Waals surface area contributed by atoms with Gasteiger partial charge >= 0.3 is 0 Å². The molecule has 0 aliphatic heterocycles. The number of methoxy groups -OCH3 is 2. The Morgan fingerprint density at radius 3 is 2.29 bits per heavy atom. The summed E-state index contributed by atoms with van der Waals surface area (Å²) in [6.45, 7) is 5.53. The first-order valence-electron chi connectivity index (χ1n) is 8.49. The summed E-state index contributed by atoms with van der Waals surface area (Å²) < 4.78 is 10.6. The fraction of sp³-hybridized carbons (Fsp3) is 0.263. The Morgan fingerprint density at radius 1 is 0.964 bits per heavy atom. The van der Waals surface area contributed by atoms with E-state index in [2.05, 4.69) is 25.8 Å². The highest BCUT2D eigenvalue weighted by molar-refractivity contribution is 7.17. The van der Waals surface area contributed by atoms with Gasteiger partial charge in [0.2, 0.25) is 5.95 Å². The highest BCUT2D eigenvalue weighted by atomic mass is 32.1. The maximum absolute atomic E-state index is 12.6. The largest absolute Gasteiger partial charge is 0.493 e. The lowest BCUT2D eigenvalue weighted by Crippen LogP contribution is -2.30. The van der Waals surface area contributed by atoms with E-state index in [4.69, 9.17) is 9.47 Å². The third-order valence-corrected chi connectivity index (χ3v) is 5.11. The van der Waals surface area contributed by atoms with Gasteiger partial charge in [-0.3, -0.25) is 15.6 Å². The zero-order valence-electron chi connectivity index (χ0n) is 16.3. The van der Waals surface area contributed by atoms with Crippen molar-refractivity contribution < 1.29 is 14.3 Å². The molecule has 2 aromatic heterocycles. The Morgan fingerprint density at radius 2 is 1.64 bits per heavy atom. The second-order valence-electron chi connectivity index (χ2n) is 6.06. The number of nitrogens with zero attached hydrogens (tertiary/aromatic N) is 3. The molecule has 146 valence electrons. The molecule has 1 aromatic carbocycles. The van der Waals surface area contributed by atoms with Crippen molar-refractivity contribution in [2.45, 2.75) is 20.8 Å². The van der Waals surface area contributed by atoms with Crippen molar-refractivity contribution in [2.75, 3.05) is 19.6 Å². The number of rotatable bonds is 6. The number of ether oxygens (including phenoxy) is 2. The van der Waals surface area contributed by atoms with Gasteiger partial charge in [-0.05, 0) is 45.0 Å². The topological polar surface area (TPSA) is 98.3 Å². The van der Waals surface area contributed by atoms with Crippen LogP contribution < -0.4 is 20.3 Å². The minimum absolute atomic E-state index is 0.301. The quantitative estimate of drug-likeness (QED) is 0.614. The van der Waals surface area contributed by atoms with E-state index in [1.54, 1.807) is 21.1 Å². The molecule has 1 amide bonds. The summed E-state index contributed by atoms with van der Waals surface area (Å²) in [5, 5.41) is 0.714. The van der Waals surface area contributed by atoms with Crippen molar-refractivity contribution in [3.8, 4) is 22.1 Å². The number of anilines is 1. The molecule has 0 fully saturated rings. The summed E-state index contributed by atoms with van der Waals surface area (Å²) in [6, 6.07) is 7.38. The third kappa shape index (κ3) is 4.20. The number of nitrogens with one attached hydrogen (secondary N) is 2. The van der Waals surface area contributed by atoms with Crippen molar-refractivity contribution in [2.24, 2.45) is 0 Å². The van der Waals surface area contributed by atoms with E-state index >= 15 is 0 Å². The molecule has 3 aromatic rings. The molecule has 0 aliphatic carbocycles. The third-order valence-electron chi connectivity index (χ3n) is 3.90. The van der Waals surface area contributed by atoms with Crippen molar-refractivity contribution >= 4 is 23.2 Å². The van der Waals surface area contributed by atoms with Crippen LogP contribution in [0.5, 0.6) is 11.5 Å². The average molecular weight is 399 g/mol. The van der Waals surface area contributed by atoms with Crippen molar-refractivity contribution in [3.05, 3.63) is 46.2 Å². The van der Waals surface area contributed by atoms with Crippen molar-refractivity contribution in [3.63, 3.8) is 0 Å². The first kappa shape index (κ1) is 19.6. The Balaban J connectivity index is 1.79. The maximum Gasteiger partial charge on any atom is 0.281 e. The van der Waals surface area contributed by atoms with Crippen LogP contribution in [0.15, 0.2) is 24.3 Å². The normalized spacial score (nSPS) is 10.5. The highest BCUT2D eigenvalue weighted by Crippen LogP contribution is 2.34. The molecule has 28 heavy (non-hydrogen) atoms. The SMILES string of the molecule is COc1ccc(-c2nc(C)c(C(=O)NNc3nc(C)cc(C)n3)s2)cc1OC. The zero-order chi connectivity index (χ0) is 20.3. The van der Waals surface area contributed by atoms with Gasteiger partial charge in [-0.1, -0.05) is 0 Å². The van der Waals surface area contributed by atoms with Crippen LogP contribution in [0, 0.1) is 20.8 Å². The number of aryl methyl sites for hydroxylation is 3. The molecule has 2 N–H and O–H groups in total. The Labute approximate surface area is 166 Å². The van der Waals surface area contributed by atoms with Crippen molar-refractivity contribution in [1.82, 2.24) is 20.4 Å². The summed E-state index contributed by atoms with van der Waals surface area (Å²) in [6.07, 6.45) is 0. The fourth-order valence-electron chi connectivity index (χ4n) is 2.65. The van der Waals surface area contributed by atoms with Crippen LogP contribution in [0.25, 0.3) is 10.6 Å². The number of carbonyl (C=O) groups is 1. The van der Waals surface area contributed by atoms with Gasteiger partial charge in [0, 0.05) is 17.0 Å². The molecule has 0 unspecified atom stereocenters. The second-order valence-corrected chi connectivity index (χ2v) is 7.06. The van der Waals surface area contributed by atoms with Crippen LogP contribution in [0.1, 0.15) is 26.8 Å². The summed E-state index contributed by atoms with van der Waals surface area (Å²) >= 11 is 1.29. The summed E-state index contributed by atoms with van der Waals surface area (Å²) in [5.41, 5.74) is 8.49. The lowest BCUT2D eigenvalue weighted by atomic mass is 10.2. The van der Waals surface area contributed by atoms with E-state index in [0.717, 1.165) is 17.0 Å². The lowest BCUT2D eigenvalue weighted by molar-refractivity contribution is 0.0965. The molecule has 0 spiro atoms. The molecule has 9 heteroatoms. The predicted octanol–water partition coefficient (Wildman–Crippen LogP) is 3.30. The predicted molar refractivity (Wildman–Crippen MR) is 108 cm³/mol. The summed E-state index contributed by atoms with van der Waals surface area (Å²) in [4.78, 5) is 26.1. The maximum atomic E-state index is 12.6. The van der Waals surface area contributed by atoms with Crippen LogP contribution in [0.4, 0.5) is 5.95 Å². The van der Waals surface area contributed by atoms with Gasteiger partial charge in [0.1, 0.15) is 9.88 Å². The average Bonchev–Trinajstić information content (AvgIpc) is 3.06. The number of amides is 1. The van der Waals surface area contributed by atoms with Gasteiger partial charge in [0.05, 0.1) is 19.9 Å². The molecule has 0 aliphatic rings. The van der Waals surface area contributed by atoms with Crippen LogP contribution in [-0.4, -0.2) is 35.1 Å². The van der Waals surface area contributed by atoms with Crippen LogP contribution in [0.3, 0.4) is 0 Å². The molecule has 8 nitrogen and oxygen atoms in total. The van der Waals surface area contributed by atoms with E-state index in [-0.39, 0.29) is 5.91 Å². The van der Waals surface area contributed by atoms with E-state index in [1.165, 1.54) is 11.3 Å². The Kier molecular flexibility index (Phi) is 5.74. The number of benzene rings is 1. The van der Waals surface area contributed by atoms with Gasteiger partial charge in [-0.25, -0.2) is 15.0 Å². The highest BCUT2D eigenvalue weighted by Gasteiger charge is 2.17. The van der Waals surface area contributed by atoms with Gasteiger partial charge < -0.3 is 9.47 Å². The zero-order valence-corrected chi connectivity index (χ0v) is 17.1. The lowest BCUT2D eigenvalue weighted by Gasteiger charge is -2.08. The number of hydrazine groups is 1. The molecule has 2 heterocycles. The summed E-state index contributed by atoms with van der Waals surface area (Å²) in [7, 11) is 3.16. The minimum Gasteiger partial charge on any atom is -0.493 e. The van der Waals surface area contributed by atoms with Crippen LogP contribution in [0.2, 0.25) is 0 Å². The van der Waals surface area contributed by atoms with Gasteiger partial charge in [-0.2, -0.15) is 0 Å². The number of hydrogen-bond acceptors (Lipinski definition) is 8. The smallest absolute Gasteiger partial charge is 0.281 e. The Hall–Kier alpha value is -3.20. The first-order chi connectivity index (χ1) is 13.4. The molecular formula is C19H21N5O3S. The van der Waals surface area contributed by atoms with Crippen molar-refractivity contribution in [1.29, 1.82) is 0 Å². The Bertz CT molecular complexity index is 999. The van der Waals surface area contributed by atoms with E-state index < -0.39 is 0 Å². The molecule has 0 atom stereocenters. The first-order valence-corrected chi connectivity index (χ1v) is 9.31. The van der Waals surface area contributed by atoms with Crippen LogP contribution in [-0.2, 0) is 0 Å². The van der Waals surface area contributed by atoms with Gasteiger partial charge in [-0.15, -0.1) is 11.3 Å².